The van der Waals surface area contributed by atoms with Crippen molar-refractivity contribution in [3.05, 3.63) is 63.1 Å². The van der Waals surface area contributed by atoms with Gasteiger partial charge in [0.05, 0.1) is 11.4 Å². The van der Waals surface area contributed by atoms with Gasteiger partial charge in [0.15, 0.2) is 0 Å². The van der Waals surface area contributed by atoms with E-state index in [1.54, 1.807) is 13.1 Å². The van der Waals surface area contributed by atoms with Crippen LogP contribution >= 0.6 is 0 Å². The maximum atomic E-state index is 11.8. The Kier molecular flexibility index (Phi) is 8.75. The molecule has 2 aromatic rings. The molecule has 0 radical (unpaired) electrons. The normalized spacial score (nSPS) is 14.0. The molecule has 0 amide bonds. The van der Waals surface area contributed by atoms with Crippen molar-refractivity contribution < 1.29 is 9.90 Å². The van der Waals surface area contributed by atoms with E-state index in [0.29, 0.717) is 24.4 Å². The lowest BCUT2D eigenvalue weighted by Crippen LogP contribution is -2.37. The minimum atomic E-state index is -0.827. The molecular weight excluding hydrogens is 390 g/mol. The highest BCUT2D eigenvalue weighted by Gasteiger charge is 2.18. The lowest BCUT2D eigenvalue weighted by molar-refractivity contribution is -0.140. The summed E-state index contributed by atoms with van der Waals surface area (Å²) in [7, 11) is 0. The molecule has 1 heterocycles. The van der Waals surface area contributed by atoms with Gasteiger partial charge in [0.2, 0.25) is 0 Å². The Balaban J connectivity index is 2.36. The van der Waals surface area contributed by atoms with Gasteiger partial charge < -0.3 is 15.4 Å². The van der Waals surface area contributed by atoms with Crippen molar-refractivity contribution in [2.45, 2.75) is 67.0 Å². The van der Waals surface area contributed by atoms with Gasteiger partial charge in [-0.1, -0.05) is 39.8 Å². The number of hydrogen-bond donors (Lipinski definition) is 3. The molecule has 0 bridgehead atoms. The molecular formula is C25H35N3O3. The van der Waals surface area contributed by atoms with E-state index < -0.39 is 12.0 Å². The number of nitrogens with one attached hydrogen (secondary N) is 2. The third-order valence-electron chi connectivity index (χ3n) is 5.54. The smallest absolute Gasteiger partial charge is 0.320 e. The van der Waals surface area contributed by atoms with Crippen LogP contribution in [0.1, 0.15) is 62.8 Å². The predicted octanol–water partition coefficient (Wildman–Crippen LogP) is 4.75. The molecule has 0 aliphatic heterocycles. The van der Waals surface area contributed by atoms with E-state index in [1.165, 1.54) is 0 Å². The molecule has 168 valence electrons. The van der Waals surface area contributed by atoms with Crippen LogP contribution in [0.4, 0.5) is 5.69 Å². The molecule has 0 aliphatic carbocycles. The van der Waals surface area contributed by atoms with Gasteiger partial charge in [-0.25, -0.2) is 0 Å². The summed E-state index contributed by atoms with van der Waals surface area (Å²) < 4.78 is 0. The zero-order chi connectivity index (χ0) is 23.1. The Labute approximate surface area is 184 Å². The minimum absolute atomic E-state index is 0.0918. The van der Waals surface area contributed by atoms with E-state index in [2.05, 4.69) is 24.1 Å². The molecule has 1 aromatic carbocycles. The monoisotopic (exact) mass is 425 g/mol. The van der Waals surface area contributed by atoms with Crippen molar-refractivity contribution in [1.82, 2.24) is 10.3 Å². The molecule has 2 atom stereocenters. The van der Waals surface area contributed by atoms with Crippen molar-refractivity contribution >= 4 is 17.4 Å². The highest BCUT2D eigenvalue weighted by atomic mass is 16.4. The number of aliphatic imine (C=N–C) groups is 1. The number of aromatic nitrogens is 1. The van der Waals surface area contributed by atoms with Gasteiger partial charge in [0.25, 0.3) is 5.56 Å². The molecule has 0 fully saturated rings. The maximum absolute atomic E-state index is 11.8. The fourth-order valence-electron chi connectivity index (χ4n) is 3.40. The highest BCUT2D eigenvalue weighted by Crippen LogP contribution is 2.24. The quantitative estimate of drug-likeness (QED) is 0.479. The topological polar surface area (TPSA) is 94.5 Å². The summed E-state index contributed by atoms with van der Waals surface area (Å²) in [5.74, 6) is -0.314. The standard InChI is InChI=1S/C25H35N3O3/c1-7-16(4)23(20-11-18(6)24(29)27-14-20)28-21-12-19(9-8-17(21)5)13-26-22(25(30)31)10-15(2)3/h8-9,11-12,14-16,22,26H,7,10,13H2,1-6H3,(H,27,29)(H,30,31)/t16-,22?/m1/s1. The molecule has 2 rings (SSSR count). The number of aromatic amines is 1. The molecule has 1 aromatic heterocycles. The molecule has 0 saturated heterocycles. The van der Waals surface area contributed by atoms with E-state index in [1.807, 2.05) is 45.0 Å². The summed E-state index contributed by atoms with van der Waals surface area (Å²) in [6.45, 7) is 12.6. The third kappa shape index (κ3) is 6.89. The van der Waals surface area contributed by atoms with Crippen molar-refractivity contribution in [3.63, 3.8) is 0 Å². The maximum Gasteiger partial charge on any atom is 0.320 e. The Hall–Kier alpha value is -2.73. The zero-order valence-electron chi connectivity index (χ0n) is 19.5. The number of H-pyrrole nitrogens is 1. The second-order valence-electron chi connectivity index (χ2n) is 8.73. The second-order valence-corrected chi connectivity index (χ2v) is 8.73. The molecule has 6 heteroatoms. The fourth-order valence-corrected chi connectivity index (χ4v) is 3.40. The number of pyridine rings is 1. The number of carbonyl (C=O) groups is 1. The summed E-state index contributed by atoms with van der Waals surface area (Å²) in [6.07, 6.45) is 3.23. The molecule has 0 saturated carbocycles. The first-order valence-electron chi connectivity index (χ1n) is 11.0. The largest absolute Gasteiger partial charge is 0.480 e. The van der Waals surface area contributed by atoms with Crippen LogP contribution in [0.15, 0.2) is 40.2 Å². The van der Waals surface area contributed by atoms with Gasteiger partial charge in [-0.15, -0.1) is 0 Å². The van der Waals surface area contributed by atoms with Gasteiger partial charge in [0, 0.05) is 23.9 Å². The third-order valence-corrected chi connectivity index (χ3v) is 5.54. The van der Waals surface area contributed by atoms with E-state index in [9.17, 15) is 14.7 Å². The predicted molar refractivity (Wildman–Crippen MR) is 126 cm³/mol. The Morgan fingerprint density at radius 1 is 1.16 bits per heavy atom. The number of rotatable bonds is 10. The highest BCUT2D eigenvalue weighted by molar-refractivity contribution is 6.03. The number of benzene rings is 1. The fraction of sp³-hybridized carbons (Fsp3) is 0.480. The average molecular weight is 426 g/mol. The van der Waals surface area contributed by atoms with E-state index >= 15 is 0 Å². The van der Waals surface area contributed by atoms with E-state index in [0.717, 1.165) is 34.5 Å². The van der Waals surface area contributed by atoms with Crippen LogP contribution in [0.3, 0.4) is 0 Å². The van der Waals surface area contributed by atoms with Crippen LogP contribution in [-0.2, 0) is 11.3 Å². The molecule has 6 nitrogen and oxygen atoms in total. The first-order valence-corrected chi connectivity index (χ1v) is 11.0. The minimum Gasteiger partial charge on any atom is -0.480 e. The zero-order valence-corrected chi connectivity index (χ0v) is 19.5. The number of carboxylic acids is 1. The van der Waals surface area contributed by atoms with Crippen LogP contribution in [-0.4, -0.2) is 27.8 Å². The Bertz CT molecular complexity index is 992. The number of nitrogens with zero attached hydrogens (tertiary/aromatic N) is 1. The van der Waals surface area contributed by atoms with Crippen LogP contribution in [0.2, 0.25) is 0 Å². The summed E-state index contributed by atoms with van der Waals surface area (Å²) in [5.41, 5.74) is 5.30. The number of carboxylic acid groups (broad SMARTS) is 1. The molecule has 1 unspecified atom stereocenters. The number of hydrogen-bond acceptors (Lipinski definition) is 4. The van der Waals surface area contributed by atoms with Gasteiger partial charge in [0.1, 0.15) is 6.04 Å². The van der Waals surface area contributed by atoms with Gasteiger partial charge in [-0.3, -0.25) is 14.6 Å². The van der Waals surface area contributed by atoms with Crippen LogP contribution < -0.4 is 10.9 Å². The summed E-state index contributed by atoms with van der Waals surface area (Å²) in [5, 5.41) is 12.6. The second kappa shape index (κ2) is 11.0. The van der Waals surface area contributed by atoms with Crippen LogP contribution in [0.5, 0.6) is 0 Å². The van der Waals surface area contributed by atoms with Gasteiger partial charge >= 0.3 is 5.97 Å². The summed E-state index contributed by atoms with van der Waals surface area (Å²) >= 11 is 0. The molecule has 0 aliphatic rings. The van der Waals surface area contributed by atoms with Crippen LogP contribution in [0, 0.1) is 25.7 Å². The van der Waals surface area contributed by atoms with Gasteiger partial charge in [-0.05, 0) is 61.8 Å². The summed E-state index contributed by atoms with van der Waals surface area (Å²) in [4.78, 5) is 31.1. The molecule has 0 spiro atoms. The lowest BCUT2D eigenvalue weighted by atomic mass is 9.96. The summed E-state index contributed by atoms with van der Waals surface area (Å²) in [6, 6.07) is 7.34. The number of aliphatic carboxylic acids is 1. The Morgan fingerprint density at radius 3 is 2.45 bits per heavy atom. The van der Waals surface area contributed by atoms with E-state index in [-0.39, 0.29) is 11.5 Å². The van der Waals surface area contributed by atoms with Crippen LogP contribution in [0.25, 0.3) is 0 Å². The lowest BCUT2D eigenvalue weighted by Gasteiger charge is -2.17. The SMILES string of the molecule is CC[C@@H](C)C(=Nc1cc(CNC(CC(C)C)C(=O)O)ccc1C)c1c[nH]c(=O)c(C)c1. The van der Waals surface area contributed by atoms with Crippen molar-refractivity contribution in [3.8, 4) is 0 Å². The van der Waals surface area contributed by atoms with Crippen molar-refractivity contribution in [1.29, 1.82) is 0 Å². The first kappa shape index (κ1) is 24.5. The molecule has 31 heavy (non-hydrogen) atoms. The van der Waals surface area contributed by atoms with E-state index in [4.69, 9.17) is 4.99 Å². The number of aryl methyl sites for hydroxylation is 2. The average Bonchev–Trinajstić information content (AvgIpc) is 2.72. The first-order chi connectivity index (χ1) is 14.6. The van der Waals surface area contributed by atoms with Crippen molar-refractivity contribution in [2.75, 3.05) is 0 Å². The Morgan fingerprint density at radius 2 is 1.87 bits per heavy atom. The van der Waals surface area contributed by atoms with Gasteiger partial charge in [-0.2, -0.15) is 0 Å². The van der Waals surface area contributed by atoms with Crippen molar-refractivity contribution in [2.24, 2.45) is 16.8 Å². The molecule has 3 N–H and O–H groups in total.